The van der Waals surface area contributed by atoms with Crippen LogP contribution in [0.2, 0.25) is 0 Å². The van der Waals surface area contributed by atoms with E-state index < -0.39 is 0 Å². The molecular weight excluding hydrogens is 202 g/mol. The summed E-state index contributed by atoms with van der Waals surface area (Å²) < 4.78 is 10.9. The average Bonchev–Trinajstić information content (AvgIpc) is 2.38. The van der Waals surface area contributed by atoms with Gasteiger partial charge < -0.3 is 14.8 Å². The molecule has 16 heavy (non-hydrogen) atoms. The van der Waals surface area contributed by atoms with Crippen LogP contribution in [-0.2, 0) is 16.0 Å². The first-order chi connectivity index (χ1) is 7.90. The molecule has 0 spiro atoms. The maximum absolute atomic E-state index is 5.46. The fourth-order valence-electron chi connectivity index (χ4n) is 2.04. The monoisotopic (exact) mass is 221 g/mol. The van der Waals surface area contributed by atoms with Gasteiger partial charge in [-0.3, -0.25) is 0 Å². The molecule has 1 aliphatic heterocycles. The molecule has 0 aromatic heterocycles. The first-order valence-corrected chi connectivity index (χ1v) is 5.78. The molecule has 0 bridgehead atoms. The molecule has 2 rings (SSSR count). The van der Waals surface area contributed by atoms with Gasteiger partial charge in [-0.2, -0.15) is 0 Å². The first-order valence-electron chi connectivity index (χ1n) is 5.78. The molecule has 1 aromatic carbocycles. The van der Waals surface area contributed by atoms with Crippen LogP contribution in [0.4, 0.5) is 0 Å². The van der Waals surface area contributed by atoms with E-state index in [4.69, 9.17) is 9.47 Å². The zero-order chi connectivity index (χ0) is 11.2. The molecule has 1 aliphatic rings. The summed E-state index contributed by atoms with van der Waals surface area (Å²) >= 11 is 0. The highest BCUT2D eigenvalue weighted by atomic mass is 16.5. The second-order valence-electron chi connectivity index (χ2n) is 4.11. The Labute approximate surface area is 96.8 Å². The Balaban J connectivity index is 1.84. The number of methoxy groups -OCH3 is 1. The van der Waals surface area contributed by atoms with Crippen LogP contribution in [0.5, 0.6) is 0 Å². The highest BCUT2D eigenvalue weighted by molar-refractivity contribution is 5.14. The van der Waals surface area contributed by atoms with Gasteiger partial charge >= 0.3 is 0 Å². The van der Waals surface area contributed by atoms with Crippen molar-refractivity contribution in [3.63, 3.8) is 0 Å². The van der Waals surface area contributed by atoms with Gasteiger partial charge in [-0.15, -0.1) is 0 Å². The molecule has 0 radical (unpaired) electrons. The van der Waals surface area contributed by atoms with Crippen LogP contribution in [0.3, 0.4) is 0 Å². The number of hydrogen-bond donors (Lipinski definition) is 1. The standard InChI is InChI=1S/C13H19NO2/c1-15-13-7-8-16-10-12(13)14-9-11-5-3-2-4-6-11/h2-6,12-14H,7-10H2,1H3/t12-,13+/m0/s1. The minimum Gasteiger partial charge on any atom is -0.380 e. The van der Waals surface area contributed by atoms with Crippen molar-refractivity contribution in [2.45, 2.75) is 25.1 Å². The minimum atomic E-state index is 0.275. The van der Waals surface area contributed by atoms with Crippen molar-refractivity contribution in [2.24, 2.45) is 0 Å². The SMILES string of the molecule is CO[C@@H]1CCOC[C@@H]1NCc1ccccc1. The van der Waals surface area contributed by atoms with E-state index in [0.29, 0.717) is 6.04 Å². The van der Waals surface area contributed by atoms with Gasteiger partial charge in [0.05, 0.1) is 18.8 Å². The largest absolute Gasteiger partial charge is 0.380 e. The zero-order valence-corrected chi connectivity index (χ0v) is 9.69. The van der Waals surface area contributed by atoms with Crippen LogP contribution < -0.4 is 5.32 Å². The van der Waals surface area contributed by atoms with Crippen LogP contribution in [-0.4, -0.2) is 32.5 Å². The number of nitrogens with one attached hydrogen (secondary N) is 1. The van der Waals surface area contributed by atoms with E-state index >= 15 is 0 Å². The van der Waals surface area contributed by atoms with Crippen molar-refractivity contribution in [3.05, 3.63) is 35.9 Å². The average molecular weight is 221 g/mol. The van der Waals surface area contributed by atoms with E-state index in [-0.39, 0.29) is 6.10 Å². The summed E-state index contributed by atoms with van der Waals surface area (Å²) in [5, 5.41) is 3.49. The summed E-state index contributed by atoms with van der Waals surface area (Å²) in [5.74, 6) is 0. The second kappa shape index (κ2) is 5.99. The lowest BCUT2D eigenvalue weighted by molar-refractivity contribution is -0.0373. The summed E-state index contributed by atoms with van der Waals surface area (Å²) in [7, 11) is 1.77. The molecule has 88 valence electrons. The molecule has 1 heterocycles. The van der Waals surface area contributed by atoms with Crippen LogP contribution in [0.15, 0.2) is 30.3 Å². The number of ether oxygens (including phenoxy) is 2. The third-order valence-corrected chi connectivity index (χ3v) is 3.01. The van der Waals surface area contributed by atoms with Crippen molar-refractivity contribution >= 4 is 0 Å². The van der Waals surface area contributed by atoms with E-state index in [9.17, 15) is 0 Å². The summed E-state index contributed by atoms with van der Waals surface area (Å²) in [5.41, 5.74) is 1.29. The van der Waals surface area contributed by atoms with Gasteiger partial charge in [0.25, 0.3) is 0 Å². The van der Waals surface area contributed by atoms with Crippen molar-refractivity contribution in [1.29, 1.82) is 0 Å². The lowest BCUT2D eigenvalue weighted by atomic mass is 10.1. The molecular formula is C13H19NO2. The third kappa shape index (κ3) is 3.04. The van der Waals surface area contributed by atoms with E-state index in [2.05, 4.69) is 29.6 Å². The van der Waals surface area contributed by atoms with Crippen LogP contribution in [0, 0.1) is 0 Å². The van der Waals surface area contributed by atoms with Crippen LogP contribution >= 0.6 is 0 Å². The second-order valence-corrected chi connectivity index (χ2v) is 4.11. The maximum atomic E-state index is 5.46. The van der Waals surface area contributed by atoms with E-state index in [1.54, 1.807) is 7.11 Å². The van der Waals surface area contributed by atoms with Gasteiger partial charge in [-0.05, 0) is 12.0 Å². The van der Waals surface area contributed by atoms with Crippen molar-refractivity contribution in [2.75, 3.05) is 20.3 Å². The highest BCUT2D eigenvalue weighted by Gasteiger charge is 2.24. The molecule has 3 heteroatoms. The topological polar surface area (TPSA) is 30.5 Å². The van der Waals surface area contributed by atoms with Gasteiger partial charge in [-0.1, -0.05) is 30.3 Å². The number of hydrogen-bond acceptors (Lipinski definition) is 3. The Morgan fingerprint density at radius 2 is 2.19 bits per heavy atom. The van der Waals surface area contributed by atoms with E-state index in [1.165, 1.54) is 5.56 Å². The van der Waals surface area contributed by atoms with Crippen LogP contribution in [0.25, 0.3) is 0 Å². The summed E-state index contributed by atoms with van der Waals surface area (Å²) in [4.78, 5) is 0. The Kier molecular flexibility index (Phi) is 4.34. The molecule has 0 saturated carbocycles. The first kappa shape index (κ1) is 11.6. The van der Waals surface area contributed by atoms with Crippen molar-refractivity contribution < 1.29 is 9.47 Å². The highest BCUT2D eigenvalue weighted by Crippen LogP contribution is 2.11. The Morgan fingerprint density at radius 1 is 1.38 bits per heavy atom. The Hall–Kier alpha value is -0.900. The smallest absolute Gasteiger partial charge is 0.0768 e. The third-order valence-electron chi connectivity index (χ3n) is 3.01. The molecule has 1 fully saturated rings. The fourth-order valence-corrected chi connectivity index (χ4v) is 2.04. The molecule has 2 atom stereocenters. The molecule has 1 saturated heterocycles. The predicted octanol–water partition coefficient (Wildman–Crippen LogP) is 1.58. The molecule has 0 aliphatic carbocycles. The summed E-state index contributed by atoms with van der Waals surface area (Å²) in [6.07, 6.45) is 1.25. The van der Waals surface area contributed by atoms with Gasteiger partial charge in [-0.25, -0.2) is 0 Å². The summed E-state index contributed by atoms with van der Waals surface area (Å²) in [6, 6.07) is 10.7. The molecule has 3 nitrogen and oxygen atoms in total. The normalized spacial score (nSPS) is 25.6. The molecule has 1 N–H and O–H groups in total. The number of benzene rings is 1. The van der Waals surface area contributed by atoms with Gasteiger partial charge in [0.1, 0.15) is 0 Å². The molecule has 0 amide bonds. The minimum absolute atomic E-state index is 0.275. The maximum Gasteiger partial charge on any atom is 0.0768 e. The zero-order valence-electron chi connectivity index (χ0n) is 9.69. The van der Waals surface area contributed by atoms with E-state index in [1.807, 2.05) is 6.07 Å². The lowest BCUT2D eigenvalue weighted by Gasteiger charge is -2.31. The Morgan fingerprint density at radius 3 is 2.94 bits per heavy atom. The van der Waals surface area contributed by atoms with Crippen molar-refractivity contribution in [3.8, 4) is 0 Å². The fraction of sp³-hybridized carbons (Fsp3) is 0.538. The number of rotatable bonds is 4. The van der Waals surface area contributed by atoms with Gasteiger partial charge in [0.15, 0.2) is 0 Å². The lowest BCUT2D eigenvalue weighted by Crippen LogP contribution is -2.47. The van der Waals surface area contributed by atoms with Crippen LogP contribution in [0.1, 0.15) is 12.0 Å². The summed E-state index contributed by atoms with van der Waals surface area (Å²) in [6.45, 7) is 2.42. The van der Waals surface area contributed by atoms with E-state index in [0.717, 1.165) is 26.2 Å². The van der Waals surface area contributed by atoms with Crippen molar-refractivity contribution in [1.82, 2.24) is 5.32 Å². The van der Waals surface area contributed by atoms with Gasteiger partial charge in [0, 0.05) is 20.3 Å². The molecule has 0 unspecified atom stereocenters. The quantitative estimate of drug-likeness (QED) is 0.837. The predicted molar refractivity (Wildman–Crippen MR) is 63.3 cm³/mol. The van der Waals surface area contributed by atoms with Gasteiger partial charge in [0.2, 0.25) is 0 Å². The molecule has 1 aromatic rings. The Bertz CT molecular complexity index is 302.